The summed E-state index contributed by atoms with van der Waals surface area (Å²) in [5.74, 6) is 1.28. The third-order valence-corrected chi connectivity index (χ3v) is 2.45. The Labute approximate surface area is 97.8 Å². The van der Waals surface area contributed by atoms with Crippen molar-refractivity contribution in [3.63, 3.8) is 0 Å². The molecule has 6 heteroatoms. The summed E-state index contributed by atoms with van der Waals surface area (Å²) in [6, 6.07) is 1.77. The van der Waals surface area contributed by atoms with E-state index in [1.165, 1.54) is 0 Å². The van der Waals surface area contributed by atoms with Crippen LogP contribution in [0.5, 0.6) is 0 Å². The van der Waals surface area contributed by atoms with Crippen LogP contribution in [0.15, 0.2) is 16.8 Å². The summed E-state index contributed by atoms with van der Waals surface area (Å²) in [4.78, 5) is 8.47. The zero-order chi connectivity index (χ0) is 11.5. The van der Waals surface area contributed by atoms with Crippen LogP contribution in [0, 0.1) is 13.8 Å². The quantitative estimate of drug-likeness (QED) is 0.889. The Morgan fingerprint density at radius 2 is 2.06 bits per heavy atom. The molecule has 0 radical (unpaired) electrons. The summed E-state index contributed by atoms with van der Waals surface area (Å²) in [5, 5.41) is 7.01. The van der Waals surface area contributed by atoms with Crippen LogP contribution >= 0.6 is 11.6 Å². The van der Waals surface area contributed by atoms with E-state index >= 15 is 0 Å². The maximum Gasteiger partial charge on any atom is 0.171 e. The van der Waals surface area contributed by atoms with E-state index in [1.807, 2.05) is 13.8 Å². The molecule has 0 atom stereocenters. The molecular formula is C10H11ClN4O. The predicted molar refractivity (Wildman–Crippen MR) is 60.3 cm³/mol. The van der Waals surface area contributed by atoms with Crippen molar-refractivity contribution in [2.75, 3.05) is 5.32 Å². The van der Waals surface area contributed by atoms with Gasteiger partial charge in [0.1, 0.15) is 0 Å². The van der Waals surface area contributed by atoms with Gasteiger partial charge in [-0.1, -0.05) is 16.8 Å². The fourth-order valence-electron chi connectivity index (χ4n) is 1.19. The highest BCUT2D eigenvalue weighted by Crippen LogP contribution is 2.18. The molecular weight excluding hydrogens is 228 g/mol. The number of nitrogens with one attached hydrogen (secondary N) is 1. The average molecular weight is 239 g/mol. The summed E-state index contributed by atoms with van der Waals surface area (Å²) < 4.78 is 4.95. The molecule has 2 heterocycles. The summed E-state index contributed by atoms with van der Waals surface area (Å²) in [7, 11) is 0. The lowest BCUT2D eigenvalue weighted by Gasteiger charge is -2.07. The molecule has 84 valence electrons. The monoisotopic (exact) mass is 238 g/mol. The average Bonchev–Trinajstić information content (AvgIpc) is 2.74. The van der Waals surface area contributed by atoms with E-state index in [4.69, 9.17) is 16.1 Å². The molecule has 0 aliphatic rings. The van der Waals surface area contributed by atoms with Gasteiger partial charge in [0.25, 0.3) is 0 Å². The molecule has 1 N–H and O–H groups in total. The van der Waals surface area contributed by atoms with Gasteiger partial charge in [0.15, 0.2) is 16.7 Å². The fourth-order valence-corrected chi connectivity index (χ4v) is 1.43. The van der Waals surface area contributed by atoms with E-state index in [9.17, 15) is 0 Å². The first kappa shape index (κ1) is 10.9. The molecule has 0 saturated carbocycles. The topological polar surface area (TPSA) is 63.8 Å². The lowest BCUT2D eigenvalue weighted by molar-refractivity contribution is 0.388. The minimum absolute atomic E-state index is 0.364. The van der Waals surface area contributed by atoms with Crippen molar-refractivity contribution < 1.29 is 4.52 Å². The third-order valence-electron chi connectivity index (χ3n) is 2.19. The van der Waals surface area contributed by atoms with Gasteiger partial charge in [-0.15, -0.1) is 0 Å². The van der Waals surface area contributed by atoms with Crippen LogP contribution in [0.1, 0.15) is 17.1 Å². The van der Waals surface area contributed by atoms with Crippen molar-refractivity contribution in [1.29, 1.82) is 0 Å². The molecule has 0 aliphatic carbocycles. The Hall–Kier alpha value is -1.62. The lowest BCUT2D eigenvalue weighted by Crippen LogP contribution is -2.04. The zero-order valence-corrected chi connectivity index (χ0v) is 9.75. The Bertz CT molecular complexity index is 484. The highest BCUT2D eigenvalue weighted by molar-refractivity contribution is 6.31. The van der Waals surface area contributed by atoms with Crippen LogP contribution in [0.2, 0.25) is 5.15 Å². The molecule has 2 aromatic rings. The molecule has 0 unspecified atom stereocenters. The maximum atomic E-state index is 5.96. The predicted octanol–water partition coefficient (Wildman–Crippen LogP) is 2.35. The minimum atomic E-state index is 0.364. The van der Waals surface area contributed by atoms with Crippen molar-refractivity contribution in [1.82, 2.24) is 15.1 Å². The second-order valence-corrected chi connectivity index (χ2v) is 3.72. The van der Waals surface area contributed by atoms with Gasteiger partial charge in [-0.05, 0) is 13.8 Å². The van der Waals surface area contributed by atoms with Crippen LogP contribution in [-0.2, 0) is 6.54 Å². The molecule has 5 nitrogen and oxygen atoms in total. The van der Waals surface area contributed by atoms with Gasteiger partial charge in [0.05, 0.1) is 24.1 Å². The standard InChI is InChI=1S/C10H11ClN4O/c1-6-7(2)15-10(9(11)14-6)12-5-8-3-4-13-16-8/h3-4H,5H2,1-2H3,(H,12,15). The Morgan fingerprint density at radius 1 is 1.31 bits per heavy atom. The minimum Gasteiger partial charge on any atom is -0.360 e. The number of aromatic nitrogens is 3. The first-order chi connectivity index (χ1) is 7.66. The first-order valence-electron chi connectivity index (χ1n) is 4.81. The van der Waals surface area contributed by atoms with E-state index in [2.05, 4.69) is 20.4 Å². The number of halogens is 1. The normalized spacial score (nSPS) is 10.4. The van der Waals surface area contributed by atoms with Crippen molar-refractivity contribution >= 4 is 17.4 Å². The first-order valence-corrected chi connectivity index (χ1v) is 5.19. The van der Waals surface area contributed by atoms with Gasteiger partial charge in [0, 0.05) is 6.07 Å². The van der Waals surface area contributed by atoms with Crippen LogP contribution in [0.25, 0.3) is 0 Å². The van der Waals surface area contributed by atoms with Crippen LogP contribution in [0.4, 0.5) is 5.82 Å². The molecule has 0 bridgehead atoms. The molecule has 16 heavy (non-hydrogen) atoms. The second-order valence-electron chi connectivity index (χ2n) is 3.37. The molecule has 0 fully saturated rings. The Balaban J connectivity index is 2.12. The fraction of sp³-hybridized carbons (Fsp3) is 0.300. The molecule has 2 aromatic heterocycles. The van der Waals surface area contributed by atoms with E-state index in [-0.39, 0.29) is 0 Å². The van der Waals surface area contributed by atoms with Gasteiger partial charge in [-0.2, -0.15) is 0 Å². The Morgan fingerprint density at radius 3 is 2.75 bits per heavy atom. The summed E-state index contributed by atoms with van der Waals surface area (Å²) in [6.07, 6.45) is 1.59. The molecule has 0 amide bonds. The number of aryl methyl sites for hydroxylation is 2. The van der Waals surface area contributed by atoms with Gasteiger partial charge < -0.3 is 9.84 Å². The molecule has 2 rings (SSSR count). The molecule has 0 saturated heterocycles. The molecule has 0 aliphatic heterocycles. The third kappa shape index (κ3) is 2.30. The zero-order valence-electron chi connectivity index (χ0n) is 8.99. The van der Waals surface area contributed by atoms with E-state index < -0.39 is 0 Å². The SMILES string of the molecule is Cc1nc(Cl)c(NCc2ccno2)nc1C. The van der Waals surface area contributed by atoms with E-state index in [1.54, 1.807) is 12.3 Å². The smallest absolute Gasteiger partial charge is 0.171 e. The Kier molecular flexibility index (Phi) is 3.05. The van der Waals surface area contributed by atoms with Crippen LogP contribution in [0.3, 0.4) is 0 Å². The molecule has 0 spiro atoms. The van der Waals surface area contributed by atoms with E-state index in [0.29, 0.717) is 17.5 Å². The van der Waals surface area contributed by atoms with Crippen molar-refractivity contribution in [3.8, 4) is 0 Å². The van der Waals surface area contributed by atoms with Crippen LogP contribution < -0.4 is 5.32 Å². The molecule has 0 aromatic carbocycles. The summed E-state index contributed by atoms with van der Waals surface area (Å²) in [6.45, 7) is 4.24. The summed E-state index contributed by atoms with van der Waals surface area (Å²) >= 11 is 5.96. The van der Waals surface area contributed by atoms with Crippen molar-refractivity contribution in [3.05, 3.63) is 34.6 Å². The van der Waals surface area contributed by atoms with Gasteiger partial charge in [0.2, 0.25) is 0 Å². The number of nitrogens with zero attached hydrogens (tertiary/aromatic N) is 3. The number of hydrogen-bond acceptors (Lipinski definition) is 5. The lowest BCUT2D eigenvalue weighted by atomic mass is 10.3. The van der Waals surface area contributed by atoms with Crippen LogP contribution in [-0.4, -0.2) is 15.1 Å². The number of rotatable bonds is 3. The highest BCUT2D eigenvalue weighted by atomic mass is 35.5. The second kappa shape index (κ2) is 4.49. The number of anilines is 1. The number of hydrogen-bond donors (Lipinski definition) is 1. The summed E-state index contributed by atoms with van der Waals surface area (Å²) in [5.41, 5.74) is 1.68. The maximum absolute atomic E-state index is 5.96. The van der Waals surface area contributed by atoms with Crippen molar-refractivity contribution in [2.24, 2.45) is 0 Å². The highest BCUT2D eigenvalue weighted by Gasteiger charge is 2.07. The largest absolute Gasteiger partial charge is 0.360 e. The van der Waals surface area contributed by atoms with E-state index in [0.717, 1.165) is 17.1 Å². The van der Waals surface area contributed by atoms with Gasteiger partial charge in [-0.3, -0.25) is 0 Å². The van der Waals surface area contributed by atoms with Gasteiger partial charge in [-0.25, -0.2) is 9.97 Å². The van der Waals surface area contributed by atoms with Gasteiger partial charge >= 0.3 is 0 Å². The van der Waals surface area contributed by atoms with Crippen molar-refractivity contribution in [2.45, 2.75) is 20.4 Å².